The van der Waals surface area contributed by atoms with Crippen LogP contribution in [-0.2, 0) is 6.54 Å². The normalized spacial score (nSPS) is 10.9. The van der Waals surface area contributed by atoms with Gasteiger partial charge >= 0.3 is 0 Å². The maximum Gasteiger partial charge on any atom is 0.0819 e. The van der Waals surface area contributed by atoms with Crippen molar-refractivity contribution in [2.75, 3.05) is 6.54 Å². The molecular weight excluding hydrogens is 258 g/mol. The molecule has 0 atom stereocenters. The second-order valence-corrected chi connectivity index (χ2v) is 5.21. The molecule has 4 heteroatoms. The molecule has 1 heterocycles. The lowest BCUT2D eigenvalue weighted by Gasteiger charge is -2.09. The number of nitrogens with zero attached hydrogens (tertiary/aromatic N) is 2. The minimum Gasteiger partial charge on any atom is -0.313 e. The first-order valence-electron chi connectivity index (χ1n) is 6.64. The lowest BCUT2D eigenvalue weighted by molar-refractivity contribution is 0.674. The Labute approximate surface area is 119 Å². The number of halogens is 1. The molecule has 1 N–H and O–H groups in total. The van der Waals surface area contributed by atoms with E-state index in [0.717, 1.165) is 30.9 Å². The Balaban J connectivity index is 2.26. The summed E-state index contributed by atoms with van der Waals surface area (Å²) in [5.41, 5.74) is 4.40. The highest BCUT2D eigenvalue weighted by molar-refractivity contribution is 6.31. The molecule has 0 unspecified atom stereocenters. The van der Waals surface area contributed by atoms with Gasteiger partial charge in [-0.1, -0.05) is 30.7 Å². The van der Waals surface area contributed by atoms with Crippen LogP contribution in [0, 0.1) is 13.8 Å². The Bertz CT molecular complexity index is 541. The molecule has 0 fully saturated rings. The van der Waals surface area contributed by atoms with Crippen LogP contribution in [0.15, 0.2) is 24.4 Å². The summed E-state index contributed by atoms with van der Waals surface area (Å²) in [7, 11) is 0. The zero-order chi connectivity index (χ0) is 13.8. The van der Waals surface area contributed by atoms with Crippen molar-refractivity contribution in [2.24, 2.45) is 0 Å². The van der Waals surface area contributed by atoms with E-state index in [9.17, 15) is 0 Å². The van der Waals surface area contributed by atoms with E-state index in [1.54, 1.807) is 0 Å². The molecule has 0 saturated heterocycles. The number of aryl methyl sites for hydroxylation is 2. The molecule has 0 bridgehead atoms. The lowest BCUT2D eigenvalue weighted by Crippen LogP contribution is -2.14. The van der Waals surface area contributed by atoms with Crippen LogP contribution < -0.4 is 5.32 Å². The van der Waals surface area contributed by atoms with E-state index in [1.807, 2.05) is 17.8 Å². The van der Waals surface area contributed by atoms with Gasteiger partial charge in [0.25, 0.3) is 0 Å². The van der Waals surface area contributed by atoms with Gasteiger partial charge in [0.15, 0.2) is 0 Å². The topological polar surface area (TPSA) is 29.9 Å². The molecule has 2 rings (SSSR count). The Morgan fingerprint density at radius 1 is 1.32 bits per heavy atom. The molecule has 3 nitrogen and oxygen atoms in total. The Kier molecular flexibility index (Phi) is 4.61. The molecule has 1 aromatic carbocycles. The van der Waals surface area contributed by atoms with Gasteiger partial charge in [-0.05, 0) is 44.0 Å². The Hall–Kier alpha value is -1.32. The van der Waals surface area contributed by atoms with Gasteiger partial charge in [-0.25, -0.2) is 4.68 Å². The molecule has 19 heavy (non-hydrogen) atoms. The summed E-state index contributed by atoms with van der Waals surface area (Å²) in [5, 5.41) is 8.56. The van der Waals surface area contributed by atoms with Gasteiger partial charge in [0.05, 0.1) is 16.4 Å². The predicted octanol–water partition coefficient (Wildman–Crippen LogP) is 3.64. The fourth-order valence-electron chi connectivity index (χ4n) is 1.98. The van der Waals surface area contributed by atoms with Crippen LogP contribution in [-0.4, -0.2) is 16.3 Å². The van der Waals surface area contributed by atoms with E-state index in [2.05, 4.69) is 42.5 Å². The van der Waals surface area contributed by atoms with Crippen LogP contribution in [0.1, 0.15) is 30.2 Å². The number of rotatable bonds is 5. The summed E-state index contributed by atoms with van der Waals surface area (Å²) in [6.07, 6.45) is 3.01. The van der Waals surface area contributed by atoms with Gasteiger partial charge in [0.2, 0.25) is 0 Å². The van der Waals surface area contributed by atoms with Crippen molar-refractivity contribution >= 4 is 11.6 Å². The summed E-state index contributed by atoms with van der Waals surface area (Å²) in [6.45, 7) is 8.09. The monoisotopic (exact) mass is 277 g/mol. The lowest BCUT2D eigenvalue weighted by atomic mass is 10.1. The van der Waals surface area contributed by atoms with E-state index < -0.39 is 0 Å². The van der Waals surface area contributed by atoms with E-state index in [0.29, 0.717) is 5.02 Å². The first-order chi connectivity index (χ1) is 9.11. The van der Waals surface area contributed by atoms with Crippen molar-refractivity contribution < 1.29 is 0 Å². The third-order valence-electron chi connectivity index (χ3n) is 3.12. The zero-order valence-electron chi connectivity index (χ0n) is 11.7. The van der Waals surface area contributed by atoms with Gasteiger partial charge in [-0.15, -0.1) is 0 Å². The fraction of sp³-hybridized carbons (Fsp3) is 0.400. The van der Waals surface area contributed by atoms with Crippen LogP contribution in [0.25, 0.3) is 5.69 Å². The van der Waals surface area contributed by atoms with Crippen molar-refractivity contribution in [3.63, 3.8) is 0 Å². The molecule has 2 aromatic rings. The second-order valence-electron chi connectivity index (χ2n) is 4.80. The van der Waals surface area contributed by atoms with E-state index in [4.69, 9.17) is 11.6 Å². The van der Waals surface area contributed by atoms with E-state index in [-0.39, 0.29) is 0 Å². The molecule has 0 spiro atoms. The molecule has 0 aliphatic rings. The fourth-order valence-corrected chi connectivity index (χ4v) is 2.11. The van der Waals surface area contributed by atoms with Crippen LogP contribution in [0.2, 0.25) is 5.02 Å². The quantitative estimate of drug-likeness (QED) is 0.846. The first-order valence-corrected chi connectivity index (χ1v) is 7.02. The van der Waals surface area contributed by atoms with Crippen LogP contribution in [0.5, 0.6) is 0 Å². The average Bonchev–Trinajstić information content (AvgIpc) is 2.72. The molecule has 0 saturated carbocycles. The van der Waals surface area contributed by atoms with Crippen LogP contribution in [0.4, 0.5) is 0 Å². The van der Waals surface area contributed by atoms with Crippen molar-refractivity contribution in [1.82, 2.24) is 15.1 Å². The van der Waals surface area contributed by atoms with E-state index >= 15 is 0 Å². The van der Waals surface area contributed by atoms with Crippen LogP contribution in [0.3, 0.4) is 0 Å². The number of aromatic nitrogens is 2. The molecule has 1 aromatic heterocycles. The maximum absolute atomic E-state index is 6.08. The van der Waals surface area contributed by atoms with Gasteiger partial charge in [0.1, 0.15) is 0 Å². The van der Waals surface area contributed by atoms with Crippen molar-refractivity contribution in [1.29, 1.82) is 0 Å². The molecule has 0 aliphatic carbocycles. The number of nitrogens with one attached hydrogen (secondary N) is 1. The molecule has 0 aliphatic heterocycles. The first kappa shape index (κ1) is 14.1. The average molecular weight is 278 g/mol. The molecule has 0 radical (unpaired) electrons. The van der Waals surface area contributed by atoms with Crippen LogP contribution >= 0.6 is 11.6 Å². The molecular formula is C15H20ClN3. The standard InChI is InChI=1S/C15H20ClN3/c1-4-7-17-9-13-6-5-11(2)15(8-13)19-10-14(16)12(3)18-19/h5-6,8,10,17H,4,7,9H2,1-3H3. The van der Waals surface area contributed by atoms with Crippen molar-refractivity contribution in [3.8, 4) is 5.69 Å². The van der Waals surface area contributed by atoms with Crippen molar-refractivity contribution in [3.05, 3.63) is 46.2 Å². The number of benzene rings is 1. The predicted molar refractivity (Wildman–Crippen MR) is 80.0 cm³/mol. The molecule has 102 valence electrons. The summed E-state index contributed by atoms with van der Waals surface area (Å²) in [6, 6.07) is 6.45. The smallest absolute Gasteiger partial charge is 0.0819 e. The summed E-state index contributed by atoms with van der Waals surface area (Å²) < 4.78 is 1.86. The van der Waals surface area contributed by atoms with Gasteiger partial charge in [0, 0.05) is 12.7 Å². The second kappa shape index (κ2) is 6.22. The number of hydrogen-bond acceptors (Lipinski definition) is 2. The van der Waals surface area contributed by atoms with Gasteiger partial charge in [-0.2, -0.15) is 5.10 Å². The van der Waals surface area contributed by atoms with Crippen molar-refractivity contribution in [2.45, 2.75) is 33.7 Å². The SMILES string of the molecule is CCCNCc1ccc(C)c(-n2cc(Cl)c(C)n2)c1. The third-order valence-corrected chi connectivity index (χ3v) is 3.49. The highest BCUT2D eigenvalue weighted by Gasteiger charge is 2.07. The maximum atomic E-state index is 6.08. The highest BCUT2D eigenvalue weighted by atomic mass is 35.5. The van der Waals surface area contributed by atoms with Gasteiger partial charge in [-0.3, -0.25) is 0 Å². The minimum atomic E-state index is 0.703. The third kappa shape index (κ3) is 3.37. The summed E-state index contributed by atoms with van der Waals surface area (Å²) in [5.74, 6) is 0. The zero-order valence-corrected chi connectivity index (χ0v) is 12.5. The summed E-state index contributed by atoms with van der Waals surface area (Å²) in [4.78, 5) is 0. The highest BCUT2D eigenvalue weighted by Crippen LogP contribution is 2.20. The minimum absolute atomic E-state index is 0.703. The van der Waals surface area contributed by atoms with E-state index in [1.165, 1.54) is 11.1 Å². The molecule has 0 amide bonds. The Morgan fingerprint density at radius 3 is 2.74 bits per heavy atom. The summed E-state index contributed by atoms with van der Waals surface area (Å²) >= 11 is 6.08. The largest absolute Gasteiger partial charge is 0.313 e. The Morgan fingerprint density at radius 2 is 2.11 bits per heavy atom. The number of hydrogen-bond donors (Lipinski definition) is 1. The van der Waals surface area contributed by atoms with Gasteiger partial charge < -0.3 is 5.32 Å².